The molecule has 0 saturated carbocycles. The van der Waals surface area contributed by atoms with Crippen LogP contribution >= 0.6 is 12.4 Å². The lowest BCUT2D eigenvalue weighted by atomic mass is 9.72. The molecule has 3 nitrogen and oxygen atoms in total. The fourth-order valence-electron chi connectivity index (χ4n) is 2.74. The van der Waals surface area contributed by atoms with Gasteiger partial charge in [0.25, 0.3) is 0 Å². The number of nitrogens with zero attached hydrogens (tertiary/aromatic N) is 1. The Morgan fingerprint density at radius 3 is 2.09 bits per heavy atom. The summed E-state index contributed by atoms with van der Waals surface area (Å²) in [6, 6.07) is 17.2. The third-order valence-corrected chi connectivity index (χ3v) is 4.00. The van der Waals surface area contributed by atoms with E-state index in [9.17, 15) is 10.2 Å². The number of hydrogen-bond donors (Lipinski definition) is 2. The molecule has 1 atom stereocenters. The van der Waals surface area contributed by atoms with Crippen molar-refractivity contribution in [3.8, 4) is 5.75 Å². The van der Waals surface area contributed by atoms with Gasteiger partial charge in [0, 0.05) is 11.0 Å². The van der Waals surface area contributed by atoms with E-state index in [1.807, 2.05) is 56.6 Å². The van der Waals surface area contributed by atoms with Crippen LogP contribution < -0.4 is 0 Å². The first-order chi connectivity index (χ1) is 10.1. The fraction of sp³-hybridized carbons (Fsp3) is 0.333. The van der Waals surface area contributed by atoms with E-state index in [0.29, 0.717) is 0 Å². The van der Waals surface area contributed by atoms with Crippen molar-refractivity contribution < 1.29 is 10.2 Å². The smallest absolute Gasteiger partial charge is 0.119 e. The molecule has 1 unspecified atom stereocenters. The molecule has 0 radical (unpaired) electrons. The average molecular weight is 322 g/mol. The summed E-state index contributed by atoms with van der Waals surface area (Å²) >= 11 is 0. The van der Waals surface area contributed by atoms with Crippen molar-refractivity contribution in [2.75, 3.05) is 27.2 Å². The molecule has 0 bridgehead atoms. The number of halogens is 1. The first-order valence-corrected chi connectivity index (χ1v) is 7.20. The van der Waals surface area contributed by atoms with Crippen molar-refractivity contribution in [3.63, 3.8) is 0 Å². The Balaban J connectivity index is 0.00000242. The van der Waals surface area contributed by atoms with Crippen molar-refractivity contribution in [1.29, 1.82) is 0 Å². The van der Waals surface area contributed by atoms with Crippen LogP contribution in [-0.4, -0.2) is 42.4 Å². The molecule has 4 heteroatoms. The van der Waals surface area contributed by atoms with Crippen LogP contribution in [0.4, 0.5) is 0 Å². The molecule has 2 rings (SSSR count). The van der Waals surface area contributed by atoms with Crippen molar-refractivity contribution in [3.05, 3.63) is 65.7 Å². The van der Waals surface area contributed by atoms with E-state index >= 15 is 0 Å². The third kappa shape index (κ3) is 3.80. The predicted molar refractivity (Wildman–Crippen MR) is 92.8 cm³/mol. The lowest BCUT2D eigenvalue weighted by Gasteiger charge is -2.34. The highest BCUT2D eigenvalue weighted by atomic mass is 35.5. The van der Waals surface area contributed by atoms with Gasteiger partial charge in [-0.3, -0.25) is 0 Å². The van der Waals surface area contributed by atoms with Crippen LogP contribution in [0.3, 0.4) is 0 Å². The molecule has 120 valence electrons. The number of hydrogen-bond acceptors (Lipinski definition) is 3. The molecule has 22 heavy (non-hydrogen) atoms. The van der Waals surface area contributed by atoms with Gasteiger partial charge >= 0.3 is 0 Å². The molecule has 0 aliphatic rings. The van der Waals surface area contributed by atoms with Gasteiger partial charge in [-0.25, -0.2) is 0 Å². The van der Waals surface area contributed by atoms with Crippen molar-refractivity contribution in [2.24, 2.45) is 0 Å². The molecule has 0 amide bonds. The maximum atomic E-state index is 10.3. The summed E-state index contributed by atoms with van der Waals surface area (Å²) in [7, 11) is 4.02. The topological polar surface area (TPSA) is 43.7 Å². The quantitative estimate of drug-likeness (QED) is 0.859. The summed E-state index contributed by atoms with van der Waals surface area (Å²) in [6.45, 7) is 0.784. The first kappa shape index (κ1) is 18.5. The van der Waals surface area contributed by atoms with Crippen molar-refractivity contribution in [1.82, 2.24) is 4.90 Å². The van der Waals surface area contributed by atoms with Crippen LogP contribution in [0.25, 0.3) is 0 Å². The highest BCUT2D eigenvalue weighted by molar-refractivity contribution is 5.85. The number of para-hydroxylation sites is 1. The zero-order valence-electron chi connectivity index (χ0n) is 13.1. The number of aromatic hydroxyl groups is 1. The van der Waals surface area contributed by atoms with E-state index in [0.717, 1.165) is 24.1 Å². The molecule has 0 aromatic heterocycles. The summed E-state index contributed by atoms with van der Waals surface area (Å²) in [5.74, 6) is 0.231. The van der Waals surface area contributed by atoms with Gasteiger partial charge in [-0.15, -0.1) is 12.4 Å². The van der Waals surface area contributed by atoms with Crippen LogP contribution in [0.15, 0.2) is 54.6 Å². The molecule has 0 aliphatic heterocycles. The van der Waals surface area contributed by atoms with E-state index in [2.05, 4.69) is 4.90 Å². The third-order valence-electron chi connectivity index (χ3n) is 4.00. The highest BCUT2D eigenvalue weighted by Crippen LogP contribution is 2.39. The van der Waals surface area contributed by atoms with Crippen LogP contribution in [0.2, 0.25) is 0 Å². The molecule has 2 aromatic rings. The van der Waals surface area contributed by atoms with Gasteiger partial charge < -0.3 is 15.1 Å². The van der Waals surface area contributed by atoms with Crippen LogP contribution in [0.5, 0.6) is 5.75 Å². The number of aliphatic hydroxyl groups is 1. The Morgan fingerprint density at radius 2 is 1.55 bits per heavy atom. The molecule has 0 saturated heterocycles. The molecule has 2 N–H and O–H groups in total. The summed E-state index contributed by atoms with van der Waals surface area (Å²) in [4.78, 5) is 2.09. The van der Waals surface area contributed by atoms with Crippen molar-refractivity contribution in [2.45, 2.75) is 11.8 Å². The standard InChI is InChI=1S/C18H23NO2.ClH/c1-19(2)13-12-18(14-20,15-8-4-3-5-9-15)16-10-6-7-11-17(16)21;/h3-11,20-21H,12-14H2,1-2H3;1H. The molecule has 2 aromatic carbocycles. The SMILES string of the molecule is CN(C)CCC(CO)(c1ccccc1)c1ccccc1O.Cl. The van der Waals surface area contributed by atoms with Crippen LogP contribution in [-0.2, 0) is 5.41 Å². The van der Waals surface area contributed by atoms with Gasteiger partial charge in [0.05, 0.1) is 6.61 Å². The maximum Gasteiger partial charge on any atom is 0.119 e. The Kier molecular flexibility index (Phi) is 6.88. The lowest BCUT2D eigenvalue weighted by molar-refractivity contribution is 0.196. The first-order valence-electron chi connectivity index (χ1n) is 7.20. The summed E-state index contributed by atoms with van der Waals surface area (Å²) < 4.78 is 0. The predicted octanol–water partition coefficient (Wildman–Crippen LogP) is 3.04. The number of benzene rings is 2. The van der Waals surface area contributed by atoms with E-state index in [1.54, 1.807) is 12.1 Å². The molecule has 0 heterocycles. The van der Waals surface area contributed by atoms with E-state index < -0.39 is 5.41 Å². The lowest BCUT2D eigenvalue weighted by Crippen LogP contribution is -2.35. The second kappa shape index (κ2) is 8.18. The Morgan fingerprint density at radius 1 is 0.955 bits per heavy atom. The van der Waals surface area contributed by atoms with Gasteiger partial charge in [0.2, 0.25) is 0 Å². The van der Waals surface area contributed by atoms with Crippen molar-refractivity contribution >= 4 is 12.4 Å². The van der Waals surface area contributed by atoms with Gasteiger partial charge in [-0.05, 0) is 38.7 Å². The number of aliphatic hydroxyl groups excluding tert-OH is 1. The van der Waals surface area contributed by atoms with Gasteiger partial charge in [0.15, 0.2) is 0 Å². The van der Waals surface area contributed by atoms with Gasteiger partial charge in [-0.2, -0.15) is 0 Å². The van der Waals surface area contributed by atoms with Gasteiger partial charge in [0.1, 0.15) is 5.75 Å². The second-order valence-electron chi connectivity index (χ2n) is 5.68. The summed E-state index contributed by atoms with van der Waals surface area (Å²) in [6.07, 6.45) is 0.734. The fourth-order valence-corrected chi connectivity index (χ4v) is 2.74. The van der Waals surface area contributed by atoms with E-state index in [-0.39, 0.29) is 24.8 Å². The molecular formula is C18H24ClNO2. The van der Waals surface area contributed by atoms with Crippen LogP contribution in [0.1, 0.15) is 17.5 Å². The number of rotatable bonds is 6. The molecule has 0 fully saturated rings. The Hall–Kier alpha value is -1.55. The monoisotopic (exact) mass is 321 g/mol. The highest BCUT2D eigenvalue weighted by Gasteiger charge is 2.35. The minimum Gasteiger partial charge on any atom is -0.508 e. The van der Waals surface area contributed by atoms with E-state index in [1.165, 1.54) is 0 Å². The summed E-state index contributed by atoms with van der Waals surface area (Å²) in [5, 5.41) is 20.5. The number of phenolic OH excluding ortho intramolecular Hbond substituents is 1. The van der Waals surface area contributed by atoms with Crippen LogP contribution in [0, 0.1) is 0 Å². The summed E-state index contributed by atoms with van der Waals surface area (Å²) in [5.41, 5.74) is 1.22. The average Bonchev–Trinajstić information content (AvgIpc) is 2.51. The molecule has 0 aliphatic carbocycles. The maximum absolute atomic E-state index is 10.3. The zero-order valence-corrected chi connectivity index (χ0v) is 13.9. The minimum atomic E-state index is -0.586. The zero-order chi connectivity index (χ0) is 15.3. The van der Waals surface area contributed by atoms with E-state index in [4.69, 9.17) is 0 Å². The Bertz CT molecular complexity index is 574. The number of phenols is 1. The normalized spacial score (nSPS) is 13.5. The second-order valence-corrected chi connectivity index (χ2v) is 5.68. The molecule has 0 spiro atoms. The largest absolute Gasteiger partial charge is 0.508 e. The van der Waals surface area contributed by atoms with Gasteiger partial charge in [-0.1, -0.05) is 48.5 Å². The molecular weight excluding hydrogens is 298 g/mol. The minimum absolute atomic E-state index is 0. The Labute approximate surface area is 138 Å².